The van der Waals surface area contributed by atoms with Gasteiger partial charge in [0.05, 0.1) is 0 Å². The average molecular weight is 267 g/mol. The van der Waals surface area contributed by atoms with Crippen LogP contribution >= 0.6 is 11.3 Å². The van der Waals surface area contributed by atoms with Gasteiger partial charge in [-0.25, -0.2) is 4.98 Å². The monoisotopic (exact) mass is 267 g/mol. The number of hydrogen-bond acceptors (Lipinski definition) is 6. The summed E-state index contributed by atoms with van der Waals surface area (Å²) in [6.07, 6.45) is 3.10. The van der Waals surface area contributed by atoms with Crippen LogP contribution in [0.2, 0.25) is 0 Å². The minimum Gasteiger partial charge on any atom is -0.382 e. The SMILES string of the molecule is Nc1nc(N2CCC(N)C2)sc1C(=O)NC1CC1. The fourth-order valence-electron chi connectivity index (χ4n) is 2.06. The Balaban J connectivity index is 1.75. The molecule has 7 heteroatoms. The number of thiazole rings is 1. The zero-order valence-corrected chi connectivity index (χ0v) is 10.9. The Morgan fingerprint density at radius 2 is 2.22 bits per heavy atom. The topological polar surface area (TPSA) is 97.3 Å². The third-order valence-electron chi connectivity index (χ3n) is 3.26. The van der Waals surface area contributed by atoms with Gasteiger partial charge in [-0.1, -0.05) is 11.3 Å². The maximum absolute atomic E-state index is 11.9. The summed E-state index contributed by atoms with van der Waals surface area (Å²) in [6.45, 7) is 1.68. The minimum absolute atomic E-state index is 0.0951. The van der Waals surface area contributed by atoms with E-state index in [-0.39, 0.29) is 11.9 Å². The summed E-state index contributed by atoms with van der Waals surface area (Å²) in [5, 5.41) is 3.74. The summed E-state index contributed by atoms with van der Waals surface area (Å²) in [6, 6.07) is 0.529. The van der Waals surface area contributed by atoms with E-state index in [1.807, 2.05) is 0 Å². The largest absolute Gasteiger partial charge is 0.382 e. The first kappa shape index (κ1) is 11.7. The van der Waals surface area contributed by atoms with E-state index < -0.39 is 0 Å². The van der Waals surface area contributed by atoms with Crippen molar-refractivity contribution in [3.63, 3.8) is 0 Å². The number of anilines is 2. The van der Waals surface area contributed by atoms with Crippen LogP contribution in [0, 0.1) is 0 Å². The van der Waals surface area contributed by atoms with Crippen LogP contribution in [-0.4, -0.2) is 36.1 Å². The molecular weight excluding hydrogens is 250 g/mol. The number of carbonyl (C=O) groups excluding carboxylic acids is 1. The van der Waals surface area contributed by atoms with Gasteiger partial charge in [0, 0.05) is 25.2 Å². The summed E-state index contributed by atoms with van der Waals surface area (Å²) in [5.74, 6) is 0.232. The molecule has 0 aromatic carbocycles. The van der Waals surface area contributed by atoms with Gasteiger partial charge in [-0.15, -0.1) is 0 Å². The second-order valence-electron chi connectivity index (χ2n) is 4.95. The molecule has 1 unspecified atom stereocenters. The van der Waals surface area contributed by atoms with Gasteiger partial charge in [0.15, 0.2) is 5.13 Å². The van der Waals surface area contributed by atoms with Crippen LogP contribution in [0.15, 0.2) is 0 Å². The van der Waals surface area contributed by atoms with Crippen molar-refractivity contribution in [2.75, 3.05) is 23.7 Å². The summed E-state index contributed by atoms with van der Waals surface area (Å²) >= 11 is 1.36. The van der Waals surface area contributed by atoms with E-state index in [4.69, 9.17) is 11.5 Å². The van der Waals surface area contributed by atoms with E-state index >= 15 is 0 Å². The molecule has 1 aliphatic carbocycles. The van der Waals surface area contributed by atoms with Crippen molar-refractivity contribution in [2.45, 2.75) is 31.3 Å². The van der Waals surface area contributed by atoms with Crippen LogP contribution in [0.1, 0.15) is 28.9 Å². The number of amides is 1. The lowest BCUT2D eigenvalue weighted by Crippen LogP contribution is -2.26. The number of nitrogen functional groups attached to an aromatic ring is 1. The van der Waals surface area contributed by atoms with Gasteiger partial charge in [0.1, 0.15) is 10.7 Å². The molecule has 6 nitrogen and oxygen atoms in total. The molecule has 1 atom stereocenters. The molecule has 1 amide bonds. The molecule has 1 aromatic heterocycles. The predicted octanol–water partition coefficient (Wildman–Crippen LogP) is 0.155. The Labute approximate surface area is 109 Å². The molecule has 1 saturated carbocycles. The van der Waals surface area contributed by atoms with Crippen LogP contribution in [0.4, 0.5) is 10.9 Å². The van der Waals surface area contributed by atoms with Gasteiger partial charge in [0.25, 0.3) is 5.91 Å². The Hall–Kier alpha value is -1.34. The van der Waals surface area contributed by atoms with E-state index in [9.17, 15) is 4.79 Å². The molecule has 3 rings (SSSR count). The third kappa shape index (κ3) is 2.28. The van der Waals surface area contributed by atoms with Crippen molar-refractivity contribution in [3.8, 4) is 0 Å². The molecule has 2 fully saturated rings. The van der Waals surface area contributed by atoms with Crippen molar-refractivity contribution in [1.29, 1.82) is 0 Å². The molecule has 0 radical (unpaired) electrons. The molecule has 0 bridgehead atoms. The number of nitrogens with zero attached hydrogens (tertiary/aromatic N) is 2. The number of aromatic nitrogens is 1. The quantitative estimate of drug-likeness (QED) is 0.724. The van der Waals surface area contributed by atoms with E-state index in [1.54, 1.807) is 0 Å². The molecular formula is C11H17N5OS. The first-order valence-electron chi connectivity index (χ1n) is 6.21. The van der Waals surface area contributed by atoms with Gasteiger partial charge in [-0.05, 0) is 19.3 Å². The molecule has 98 valence electrons. The first-order chi connectivity index (χ1) is 8.63. The number of nitrogens with two attached hydrogens (primary N) is 2. The Kier molecular flexibility index (Phi) is 2.87. The lowest BCUT2D eigenvalue weighted by molar-refractivity contribution is 0.0956. The zero-order chi connectivity index (χ0) is 12.7. The van der Waals surface area contributed by atoms with Crippen molar-refractivity contribution in [2.24, 2.45) is 5.73 Å². The van der Waals surface area contributed by atoms with Gasteiger partial charge < -0.3 is 21.7 Å². The standard InChI is InChI=1S/C11H17N5OS/c12-6-3-4-16(5-6)11-15-9(13)8(18-11)10(17)14-7-1-2-7/h6-7H,1-5,12-13H2,(H,14,17). The maximum Gasteiger partial charge on any atom is 0.265 e. The van der Waals surface area contributed by atoms with Crippen LogP contribution in [0.25, 0.3) is 0 Å². The van der Waals surface area contributed by atoms with Crippen LogP contribution < -0.4 is 21.7 Å². The van der Waals surface area contributed by atoms with Crippen molar-refractivity contribution < 1.29 is 4.79 Å². The molecule has 1 saturated heterocycles. The molecule has 18 heavy (non-hydrogen) atoms. The number of carbonyl (C=O) groups is 1. The predicted molar refractivity (Wildman–Crippen MR) is 71.8 cm³/mol. The molecule has 2 heterocycles. The molecule has 2 aliphatic rings. The van der Waals surface area contributed by atoms with Crippen LogP contribution in [0.3, 0.4) is 0 Å². The van der Waals surface area contributed by atoms with Crippen LogP contribution in [-0.2, 0) is 0 Å². The number of nitrogens with one attached hydrogen (secondary N) is 1. The highest BCUT2D eigenvalue weighted by Crippen LogP contribution is 2.31. The van der Waals surface area contributed by atoms with E-state index in [0.29, 0.717) is 16.7 Å². The summed E-state index contributed by atoms with van der Waals surface area (Å²) in [4.78, 5) is 18.8. The minimum atomic E-state index is -0.0951. The fourth-order valence-corrected chi connectivity index (χ4v) is 2.98. The zero-order valence-electron chi connectivity index (χ0n) is 10.1. The Bertz CT molecular complexity index is 470. The molecule has 1 aliphatic heterocycles. The smallest absolute Gasteiger partial charge is 0.265 e. The molecule has 1 aromatic rings. The summed E-state index contributed by atoms with van der Waals surface area (Å²) < 4.78 is 0. The van der Waals surface area contributed by atoms with Gasteiger partial charge in [-0.2, -0.15) is 0 Å². The number of hydrogen-bond donors (Lipinski definition) is 3. The highest BCUT2D eigenvalue weighted by molar-refractivity contribution is 7.18. The highest BCUT2D eigenvalue weighted by Gasteiger charge is 2.28. The van der Waals surface area contributed by atoms with E-state index in [1.165, 1.54) is 11.3 Å². The second-order valence-corrected chi connectivity index (χ2v) is 5.93. The van der Waals surface area contributed by atoms with E-state index in [0.717, 1.165) is 37.5 Å². The lowest BCUT2D eigenvalue weighted by atomic mass is 10.3. The van der Waals surface area contributed by atoms with Crippen molar-refractivity contribution in [3.05, 3.63) is 4.88 Å². The van der Waals surface area contributed by atoms with Crippen molar-refractivity contribution in [1.82, 2.24) is 10.3 Å². The third-order valence-corrected chi connectivity index (χ3v) is 4.39. The van der Waals surface area contributed by atoms with Gasteiger partial charge in [0.2, 0.25) is 0 Å². The lowest BCUT2D eigenvalue weighted by Gasteiger charge is -2.12. The Morgan fingerprint density at radius 3 is 2.83 bits per heavy atom. The summed E-state index contributed by atoms with van der Waals surface area (Å²) in [7, 11) is 0. The van der Waals surface area contributed by atoms with E-state index in [2.05, 4.69) is 15.2 Å². The average Bonchev–Trinajstić information content (AvgIpc) is 2.87. The summed E-state index contributed by atoms with van der Waals surface area (Å²) in [5.41, 5.74) is 11.7. The highest BCUT2D eigenvalue weighted by atomic mass is 32.1. The molecule has 0 spiro atoms. The van der Waals surface area contributed by atoms with Crippen molar-refractivity contribution >= 4 is 28.2 Å². The number of rotatable bonds is 3. The maximum atomic E-state index is 11.9. The van der Waals surface area contributed by atoms with Gasteiger partial charge >= 0.3 is 0 Å². The fraction of sp³-hybridized carbons (Fsp3) is 0.636. The molecule has 5 N–H and O–H groups in total. The second kappa shape index (κ2) is 4.40. The van der Waals surface area contributed by atoms with Gasteiger partial charge in [-0.3, -0.25) is 4.79 Å². The first-order valence-corrected chi connectivity index (χ1v) is 7.03. The Morgan fingerprint density at radius 1 is 1.44 bits per heavy atom. The normalized spacial score (nSPS) is 23.4. The van der Waals surface area contributed by atoms with Crippen LogP contribution in [0.5, 0.6) is 0 Å².